The number of carbonyl (C=O) groups is 1. The van der Waals surface area contributed by atoms with Crippen molar-refractivity contribution in [1.29, 1.82) is 0 Å². The fourth-order valence-electron chi connectivity index (χ4n) is 1.78. The maximum absolute atomic E-state index is 13.5. The van der Waals surface area contributed by atoms with Crippen LogP contribution in [0.5, 0.6) is 0 Å². The third-order valence-electron chi connectivity index (χ3n) is 2.85. The molecule has 0 fully saturated rings. The van der Waals surface area contributed by atoms with Gasteiger partial charge in [0.15, 0.2) is 0 Å². The Labute approximate surface area is 115 Å². The lowest BCUT2D eigenvalue weighted by Crippen LogP contribution is -2.26. The minimum Gasteiger partial charge on any atom is -0.399 e. The van der Waals surface area contributed by atoms with E-state index in [2.05, 4.69) is 5.32 Å². The molecule has 0 spiro atoms. The Balaban J connectivity index is 1.90. The number of halogens is 2. The summed E-state index contributed by atoms with van der Waals surface area (Å²) in [5, 5.41) is 2.61. The maximum atomic E-state index is 13.5. The highest BCUT2D eigenvalue weighted by Gasteiger charge is 2.10. The van der Waals surface area contributed by atoms with Crippen LogP contribution in [0, 0.1) is 11.6 Å². The molecule has 20 heavy (non-hydrogen) atoms. The average Bonchev–Trinajstić information content (AvgIpc) is 2.41. The summed E-state index contributed by atoms with van der Waals surface area (Å²) >= 11 is 0. The van der Waals surface area contributed by atoms with Gasteiger partial charge in [-0.25, -0.2) is 8.78 Å². The van der Waals surface area contributed by atoms with E-state index in [0.29, 0.717) is 13.0 Å². The molecule has 0 aliphatic carbocycles. The largest absolute Gasteiger partial charge is 0.399 e. The van der Waals surface area contributed by atoms with Gasteiger partial charge in [0.1, 0.15) is 11.6 Å². The highest BCUT2D eigenvalue weighted by Crippen LogP contribution is 2.11. The van der Waals surface area contributed by atoms with Gasteiger partial charge in [-0.05, 0) is 42.3 Å². The molecule has 0 aromatic heterocycles. The van der Waals surface area contributed by atoms with Crippen LogP contribution in [0.2, 0.25) is 0 Å². The molecule has 0 radical (unpaired) electrons. The normalized spacial score (nSPS) is 10.3. The fraction of sp³-hybridized carbons (Fsp3) is 0.133. The van der Waals surface area contributed by atoms with Gasteiger partial charge in [-0.3, -0.25) is 4.79 Å². The molecule has 2 aromatic carbocycles. The van der Waals surface area contributed by atoms with Gasteiger partial charge >= 0.3 is 0 Å². The summed E-state index contributed by atoms with van der Waals surface area (Å²) in [6.07, 6.45) is 0.544. The molecule has 1 amide bonds. The highest BCUT2D eigenvalue weighted by atomic mass is 19.1. The summed E-state index contributed by atoms with van der Waals surface area (Å²) < 4.78 is 26.2. The summed E-state index contributed by atoms with van der Waals surface area (Å²) in [5.74, 6) is -1.45. The van der Waals surface area contributed by atoms with Crippen LogP contribution >= 0.6 is 0 Å². The predicted octanol–water partition coefficient (Wildman–Crippen LogP) is 2.52. The van der Waals surface area contributed by atoms with Crippen molar-refractivity contribution in [2.45, 2.75) is 6.42 Å². The third kappa shape index (κ3) is 3.54. The van der Waals surface area contributed by atoms with E-state index in [1.54, 1.807) is 12.1 Å². The minimum absolute atomic E-state index is 0.0432. The molecule has 3 nitrogen and oxygen atoms in total. The molecule has 0 unspecified atom stereocenters. The SMILES string of the molecule is Nc1ccc(C(=O)NCCc2ccc(F)cc2)c(F)c1. The van der Waals surface area contributed by atoms with E-state index < -0.39 is 11.7 Å². The van der Waals surface area contributed by atoms with E-state index in [9.17, 15) is 13.6 Å². The Morgan fingerprint density at radius 3 is 2.45 bits per heavy atom. The van der Waals surface area contributed by atoms with Crippen molar-refractivity contribution < 1.29 is 13.6 Å². The lowest BCUT2D eigenvalue weighted by molar-refractivity contribution is 0.0950. The lowest BCUT2D eigenvalue weighted by atomic mass is 10.1. The van der Waals surface area contributed by atoms with Crippen molar-refractivity contribution in [2.75, 3.05) is 12.3 Å². The molecule has 0 atom stereocenters. The smallest absolute Gasteiger partial charge is 0.254 e. The standard InChI is InChI=1S/C15H14F2N2O/c16-11-3-1-10(2-4-11)7-8-19-15(20)13-6-5-12(18)9-14(13)17/h1-6,9H,7-8,18H2,(H,19,20). The van der Waals surface area contributed by atoms with Crippen molar-refractivity contribution in [3.63, 3.8) is 0 Å². The number of rotatable bonds is 4. The van der Waals surface area contributed by atoms with Crippen molar-refractivity contribution in [3.05, 3.63) is 65.2 Å². The summed E-state index contributed by atoms with van der Waals surface area (Å²) in [5.41, 5.74) is 6.53. The summed E-state index contributed by atoms with van der Waals surface area (Å²) in [4.78, 5) is 11.8. The first kappa shape index (κ1) is 14.0. The predicted molar refractivity (Wildman–Crippen MR) is 73.2 cm³/mol. The molecule has 0 heterocycles. The first-order valence-corrected chi connectivity index (χ1v) is 6.14. The zero-order valence-electron chi connectivity index (χ0n) is 10.7. The topological polar surface area (TPSA) is 55.1 Å². The molecule has 2 rings (SSSR count). The number of carbonyl (C=O) groups excluding carboxylic acids is 1. The van der Waals surface area contributed by atoms with Crippen LogP contribution < -0.4 is 11.1 Å². The molecule has 0 saturated carbocycles. The molecule has 104 valence electrons. The molecular formula is C15H14F2N2O. The van der Waals surface area contributed by atoms with Gasteiger partial charge in [0.05, 0.1) is 5.56 Å². The van der Waals surface area contributed by atoms with E-state index in [0.717, 1.165) is 11.6 Å². The number of nitrogens with two attached hydrogens (primary N) is 1. The van der Waals surface area contributed by atoms with Gasteiger partial charge in [-0.15, -0.1) is 0 Å². The minimum atomic E-state index is -0.649. The number of amides is 1. The Bertz CT molecular complexity index is 612. The van der Waals surface area contributed by atoms with Crippen LogP contribution in [0.1, 0.15) is 15.9 Å². The Kier molecular flexibility index (Phi) is 4.30. The van der Waals surface area contributed by atoms with Crippen LogP contribution in [0.4, 0.5) is 14.5 Å². The van der Waals surface area contributed by atoms with E-state index in [-0.39, 0.29) is 17.1 Å². The molecule has 0 aliphatic heterocycles. The first-order chi connectivity index (χ1) is 9.56. The Morgan fingerprint density at radius 2 is 1.80 bits per heavy atom. The van der Waals surface area contributed by atoms with Crippen LogP contribution in [-0.2, 0) is 6.42 Å². The van der Waals surface area contributed by atoms with E-state index in [1.165, 1.54) is 24.3 Å². The van der Waals surface area contributed by atoms with E-state index >= 15 is 0 Å². The van der Waals surface area contributed by atoms with Gasteiger partial charge in [-0.2, -0.15) is 0 Å². The van der Waals surface area contributed by atoms with Crippen LogP contribution in [0.15, 0.2) is 42.5 Å². The zero-order chi connectivity index (χ0) is 14.5. The molecular weight excluding hydrogens is 262 g/mol. The first-order valence-electron chi connectivity index (χ1n) is 6.14. The number of hydrogen-bond donors (Lipinski definition) is 2. The zero-order valence-corrected chi connectivity index (χ0v) is 10.7. The third-order valence-corrected chi connectivity index (χ3v) is 2.85. The van der Waals surface area contributed by atoms with Crippen LogP contribution in [0.25, 0.3) is 0 Å². The highest BCUT2D eigenvalue weighted by molar-refractivity contribution is 5.94. The second-order valence-corrected chi connectivity index (χ2v) is 4.37. The molecule has 0 bridgehead atoms. The quantitative estimate of drug-likeness (QED) is 0.843. The number of anilines is 1. The Morgan fingerprint density at radius 1 is 1.10 bits per heavy atom. The van der Waals surface area contributed by atoms with Crippen LogP contribution in [0.3, 0.4) is 0 Å². The van der Waals surface area contributed by atoms with Crippen molar-refractivity contribution in [2.24, 2.45) is 0 Å². The monoisotopic (exact) mass is 276 g/mol. The van der Waals surface area contributed by atoms with Crippen molar-refractivity contribution in [1.82, 2.24) is 5.32 Å². The molecule has 2 aromatic rings. The van der Waals surface area contributed by atoms with Crippen LogP contribution in [-0.4, -0.2) is 12.5 Å². The maximum Gasteiger partial charge on any atom is 0.254 e. The van der Waals surface area contributed by atoms with Gasteiger partial charge in [0, 0.05) is 12.2 Å². The second kappa shape index (κ2) is 6.14. The average molecular weight is 276 g/mol. The van der Waals surface area contributed by atoms with Gasteiger partial charge in [0.25, 0.3) is 5.91 Å². The van der Waals surface area contributed by atoms with Crippen molar-refractivity contribution in [3.8, 4) is 0 Å². The van der Waals surface area contributed by atoms with Gasteiger partial charge in [0.2, 0.25) is 0 Å². The number of benzene rings is 2. The molecule has 0 saturated heterocycles. The Hall–Kier alpha value is -2.43. The molecule has 5 heteroatoms. The van der Waals surface area contributed by atoms with Crippen molar-refractivity contribution >= 4 is 11.6 Å². The van der Waals surface area contributed by atoms with E-state index in [1.807, 2.05) is 0 Å². The van der Waals surface area contributed by atoms with Gasteiger partial charge in [-0.1, -0.05) is 12.1 Å². The fourth-order valence-corrected chi connectivity index (χ4v) is 1.78. The number of nitrogen functional groups attached to an aromatic ring is 1. The second-order valence-electron chi connectivity index (χ2n) is 4.37. The van der Waals surface area contributed by atoms with E-state index in [4.69, 9.17) is 5.73 Å². The molecule has 0 aliphatic rings. The summed E-state index contributed by atoms with van der Waals surface area (Å²) in [7, 11) is 0. The molecule has 3 N–H and O–H groups in total. The number of nitrogens with one attached hydrogen (secondary N) is 1. The summed E-state index contributed by atoms with van der Waals surface area (Å²) in [6, 6.07) is 9.93. The number of hydrogen-bond acceptors (Lipinski definition) is 2. The lowest BCUT2D eigenvalue weighted by Gasteiger charge is -2.07. The summed E-state index contributed by atoms with van der Waals surface area (Å²) in [6.45, 7) is 0.342. The van der Waals surface area contributed by atoms with Gasteiger partial charge < -0.3 is 11.1 Å².